The highest BCUT2D eigenvalue weighted by Gasteiger charge is 1.68. The van der Waals surface area contributed by atoms with E-state index in [1.54, 1.807) is 0 Å². The fourth-order valence-electron chi connectivity index (χ4n) is 0.209. The van der Waals surface area contributed by atoms with Gasteiger partial charge in [0, 0.05) is 0 Å². The van der Waals surface area contributed by atoms with Crippen molar-refractivity contribution < 1.29 is 0 Å². The summed E-state index contributed by atoms with van der Waals surface area (Å²) in [4.78, 5) is 0. The molecule has 0 aliphatic rings. The predicted molar refractivity (Wildman–Crippen MR) is 31.5 cm³/mol. The van der Waals surface area contributed by atoms with Gasteiger partial charge in [-0.2, -0.15) is 0 Å². The quantitative estimate of drug-likeness (QED) is 0.478. The summed E-state index contributed by atoms with van der Waals surface area (Å²) in [6.45, 7) is 2.02. The first-order valence-corrected chi connectivity index (χ1v) is 2.36. The molecule has 0 aliphatic heterocycles. The number of nitrogens with two attached hydrogens (primary N) is 1. The van der Waals surface area contributed by atoms with Crippen molar-refractivity contribution in [2.75, 3.05) is 0 Å². The molecule has 2 heteroatoms. The predicted octanol–water partition coefficient (Wildman–Crippen LogP) is 1.13. The lowest BCUT2D eigenvalue weighted by atomic mass is 10.5. The zero-order chi connectivity index (χ0) is 4.99. The van der Waals surface area contributed by atoms with Crippen LogP contribution in [0.1, 0.15) is 13.3 Å². The lowest BCUT2D eigenvalue weighted by molar-refractivity contribution is 1.21. The van der Waals surface area contributed by atoms with E-state index >= 15 is 0 Å². The minimum absolute atomic E-state index is 0.609. The Hall–Kier alpha value is -0.110. The first-order valence-electron chi connectivity index (χ1n) is 1.92. The van der Waals surface area contributed by atoms with E-state index in [0.29, 0.717) is 5.03 Å². The molecule has 0 atom stereocenters. The highest BCUT2D eigenvalue weighted by molar-refractivity contribution is 7.84. The smallest absolute Gasteiger partial charge is 0.0583 e. The zero-order valence-electron chi connectivity index (χ0n) is 3.81. The van der Waals surface area contributed by atoms with Crippen LogP contribution in [0.15, 0.2) is 11.1 Å². The van der Waals surface area contributed by atoms with Gasteiger partial charge in [0.25, 0.3) is 0 Å². The van der Waals surface area contributed by atoms with Crippen LogP contribution in [-0.2, 0) is 0 Å². The molecular formula is C4H9NS. The first kappa shape index (κ1) is 5.89. The standard InChI is InChI=1S/C4H9NS/c1-2-3-4(5)6/h3,6H,2,5H2,1H3/b4-3-. The number of rotatable bonds is 1. The Kier molecular flexibility index (Phi) is 3.04. The molecule has 0 unspecified atom stereocenters. The zero-order valence-corrected chi connectivity index (χ0v) is 4.70. The monoisotopic (exact) mass is 103 g/mol. The Morgan fingerprint density at radius 2 is 2.50 bits per heavy atom. The molecule has 0 fully saturated rings. The number of thiol groups is 1. The molecular weight excluding hydrogens is 94.1 g/mol. The third-order valence-electron chi connectivity index (χ3n) is 0.413. The van der Waals surface area contributed by atoms with Crippen molar-refractivity contribution in [3.05, 3.63) is 11.1 Å². The van der Waals surface area contributed by atoms with Gasteiger partial charge in [0.15, 0.2) is 0 Å². The van der Waals surface area contributed by atoms with E-state index in [2.05, 4.69) is 12.6 Å². The molecule has 0 aromatic rings. The second-order valence-corrected chi connectivity index (χ2v) is 1.55. The molecule has 0 bridgehead atoms. The second kappa shape index (κ2) is 3.09. The van der Waals surface area contributed by atoms with E-state index in [4.69, 9.17) is 5.73 Å². The molecule has 0 spiro atoms. The summed E-state index contributed by atoms with van der Waals surface area (Å²) < 4.78 is 0. The summed E-state index contributed by atoms with van der Waals surface area (Å²) in [5, 5.41) is 0.609. The van der Waals surface area contributed by atoms with Crippen LogP contribution in [0.4, 0.5) is 0 Å². The van der Waals surface area contributed by atoms with E-state index in [-0.39, 0.29) is 0 Å². The van der Waals surface area contributed by atoms with Crippen LogP contribution in [0.25, 0.3) is 0 Å². The maximum Gasteiger partial charge on any atom is 0.0583 e. The Morgan fingerprint density at radius 3 is 2.50 bits per heavy atom. The molecule has 0 heterocycles. The van der Waals surface area contributed by atoms with Crippen LogP contribution in [0.5, 0.6) is 0 Å². The molecule has 0 aromatic heterocycles. The summed E-state index contributed by atoms with van der Waals surface area (Å²) in [6.07, 6.45) is 2.82. The van der Waals surface area contributed by atoms with E-state index in [9.17, 15) is 0 Å². The third-order valence-corrected chi connectivity index (χ3v) is 0.596. The third kappa shape index (κ3) is 3.89. The number of allylic oxidation sites excluding steroid dienone is 1. The van der Waals surface area contributed by atoms with Crippen molar-refractivity contribution in [3.63, 3.8) is 0 Å². The molecule has 0 aliphatic carbocycles. The largest absolute Gasteiger partial charge is 0.394 e. The normalized spacial score (nSPS) is 12.0. The highest BCUT2D eigenvalue weighted by Crippen LogP contribution is 1.89. The molecule has 36 valence electrons. The van der Waals surface area contributed by atoms with Crippen LogP contribution in [0.2, 0.25) is 0 Å². The Balaban J connectivity index is 3.14. The van der Waals surface area contributed by atoms with E-state index < -0.39 is 0 Å². The van der Waals surface area contributed by atoms with Crippen LogP contribution >= 0.6 is 12.6 Å². The Bertz CT molecular complexity index is 54.6. The molecule has 0 saturated carbocycles. The maximum atomic E-state index is 5.13. The van der Waals surface area contributed by atoms with E-state index in [1.165, 1.54) is 0 Å². The van der Waals surface area contributed by atoms with E-state index in [0.717, 1.165) is 6.42 Å². The minimum Gasteiger partial charge on any atom is -0.394 e. The summed E-state index contributed by atoms with van der Waals surface area (Å²) in [6, 6.07) is 0. The lowest BCUT2D eigenvalue weighted by Gasteiger charge is -1.80. The molecule has 1 nitrogen and oxygen atoms in total. The molecule has 2 N–H and O–H groups in total. The van der Waals surface area contributed by atoms with Crippen LogP contribution < -0.4 is 5.73 Å². The molecule has 0 aromatic carbocycles. The summed E-state index contributed by atoms with van der Waals surface area (Å²) in [5.41, 5.74) is 5.13. The second-order valence-electron chi connectivity index (χ2n) is 1.04. The molecule has 0 amide bonds. The lowest BCUT2D eigenvalue weighted by Crippen LogP contribution is -1.84. The molecule has 0 saturated heterocycles. The van der Waals surface area contributed by atoms with Crippen molar-refractivity contribution in [2.45, 2.75) is 13.3 Å². The molecule has 0 radical (unpaired) electrons. The van der Waals surface area contributed by atoms with Crippen molar-refractivity contribution in [3.8, 4) is 0 Å². The van der Waals surface area contributed by atoms with Crippen LogP contribution in [0.3, 0.4) is 0 Å². The Morgan fingerprint density at radius 1 is 2.00 bits per heavy atom. The fraction of sp³-hybridized carbons (Fsp3) is 0.500. The van der Waals surface area contributed by atoms with E-state index in [1.807, 2.05) is 13.0 Å². The van der Waals surface area contributed by atoms with Crippen molar-refractivity contribution >= 4 is 12.6 Å². The van der Waals surface area contributed by atoms with Gasteiger partial charge in [0.2, 0.25) is 0 Å². The number of hydrogen-bond donors (Lipinski definition) is 2. The van der Waals surface area contributed by atoms with Gasteiger partial charge in [0.05, 0.1) is 5.03 Å². The Labute approximate surface area is 43.6 Å². The van der Waals surface area contributed by atoms with Crippen molar-refractivity contribution in [1.29, 1.82) is 0 Å². The van der Waals surface area contributed by atoms with Gasteiger partial charge < -0.3 is 5.73 Å². The maximum absolute atomic E-state index is 5.13. The summed E-state index contributed by atoms with van der Waals surface area (Å²) >= 11 is 3.82. The average molecular weight is 103 g/mol. The topological polar surface area (TPSA) is 26.0 Å². The molecule has 0 rings (SSSR count). The van der Waals surface area contributed by atoms with Gasteiger partial charge >= 0.3 is 0 Å². The minimum atomic E-state index is 0.609. The van der Waals surface area contributed by atoms with Crippen LogP contribution in [-0.4, -0.2) is 0 Å². The van der Waals surface area contributed by atoms with Crippen LogP contribution in [0, 0.1) is 0 Å². The van der Waals surface area contributed by atoms with Gasteiger partial charge in [-0.15, -0.1) is 12.6 Å². The van der Waals surface area contributed by atoms with Gasteiger partial charge in [-0.3, -0.25) is 0 Å². The fourth-order valence-corrected chi connectivity index (χ4v) is 0.392. The van der Waals surface area contributed by atoms with Crippen molar-refractivity contribution in [2.24, 2.45) is 5.73 Å². The highest BCUT2D eigenvalue weighted by atomic mass is 32.1. The molecule has 6 heavy (non-hydrogen) atoms. The van der Waals surface area contributed by atoms with Gasteiger partial charge in [-0.05, 0) is 6.42 Å². The number of hydrogen-bond acceptors (Lipinski definition) is 2. The van der Waals surface area contributed by atoms with Crippen molar-refractivity contribution in [1.82, 2.24) is 0 Å². The SMILES string of the molecule is CC/C=C(/N)S. The van der Waals surface area contributed by atoms with Gasteiger partial charge in [0.1, 0.15) is 0 Å². The van der Waals surface area contributed by atoms with Gasteiger partial charge in [-0.1, -0.05) is 13.0 Å². The first-order chi connectivity index (χ1) is 2.77. The average Bonchev–Trinajstić information content (AvgIpc) is 1.35. The summed E-state index contributed by atoms with van der Waals surface area (Å²) in [7, 11) is 0. The van der Waals surface area contributed by atoms with Gasteiger partial charge in [-0.25, -0.2) is 0 Å². The summed E-state index contributed by atoms with van der Waals surface area (Å²) in [5.74, 6) is 0.